The Hall–Kier alpha value is -0.880. The van der Waals surface area contributed by atoms with Crippen LogP contribution < -0.4 is 5.73 Å². The van der Waals surface area contributed by atoms with Crippen LogP contribution in [-0.2, 0) is 0 Å². The zero-order chi connectivity index (χ0) is 6.85. The number of carbonyl (C=O) groups is 1. The smallest absolute Gasteiger partial charge is 0.367 e. The van der Waals surface area contributed by atoms with E-state index in [0.717, 1.165) is 11.3 Å². The van der Waals surface area contributed by atoms with Crippen molar-refractivity contribution in [2.24, 2.45) is 0 Å². The Morgan fingerprint density at radius 3 is 2.40 bits per heavy atom. The maximum atomic E-state index is 10.1. The van der Waals surface area contributed by atoms with Crippen molar-refractivity contribution in [3.05, 3.63) is 5.01 Å². The number of rotatable bonds is 1. The Morgan fingerprint density at radius 2 is 2.20 bits per heavy atom. The molecule has 56 valence electrons. The molecular formula is C3H4ClN3O2S. The van der Waals surface area contributed by atoms with Crippen LogP contribution in [0, 0.1) is 0 Å². The number of carboxylic acids is 1. The summed E-state index contributed by atoms with van der Waals surface area (Å²) in [7, 11) is 0. The van der Waals surface area contributed by atoms with Gasteiger partial charge in [-0.1, -0.05) is 11.3 Å². The standard InChI is InChI=1S/C3H3N3O2S.ClH/c4-3-6-5-1(9-3)2(7)8;/h(H2,4,6)(H,7,8);1H. The van der Waals surface area contributed by atoms with Crippen LogP contribution in [0.5, 0.6) is 0 Å². The van der Waals surface area contributed by atoms with E-state index in [1.807, 2.05) is 0 Å². The van der Waals surface area contributed by atoms with Crippen LogP contribution in [0.2, 0.25) is 0 Å². The van der Waals surface area contributed by atoms with Crippen molar-refractivity contribution in [2.75, 3.05) is 5.73 Å². The minimum atomic E-state index is -1.09. The van der Waals surface area contributed by atoms with Crippen LogP contribution in [0.1, 0.15) is 9.80 Å². The minimum Gasteiger partial charge on any atom is -0.476 e. The fourth-order valence-corrected chi connectivity index (χ4v) is 0.770. The van der Waals surface area contributed by atoms with Gasteiger partial charge >= 0.3 is 5.97 Å². The zero-order valence-corrected chi connectivity index (χ0v) is 6.28. The van der Waals surface area contributed by atoms with Crippen molar-refractivity contribution in [2.45, 2.75) is 0 Å². The average molecular weight is 182 g/mol. The molecule has 7 heteroatoms. The molecule has 0 radical (unpaired) electrons. The Kier molecular flexibility index (Phi) is 3.04. The van der Waals surface area contributed by atoms with Gasteiger partial charge in [0.05, 0.1) is 0 Å². The maximum absolute atomic E-state index is 10.1. The van der Waals surface area contributed by atoms with Crippen molar-refractivity contribution in [3.63, 3.8) is 0 Å². The molecule has 0 aliphatic carbocycles. The van der Waals surface area contributed by atoms with E-state index < -0.39 is 5.97 Å². The van der Waals surface area contributed by atoms with Gasteiger partial charge in [-0.3, -0.25) is 0 Å². The van der Waals surface area contributed by atoms with Crippen molar-refractivity contribution < 1.29 is 9.90 Å². The summed E-state index contributed by atoms with van der Waals surface area (Å²) in [6.45, 7) is 0. The highest BCUT2D eigenvalue weighted by Gasteiger charge is 2.07. The summed E-state index contributed by atoms with van der Waals surface area (Å²) in [6, 6.07) is 0. The fraction of sp³-hybridized carbons (Fsp3) is 0. The van der Waals surface area contributed by atoms with Crippen molar-refractivity contribution in [3.8, 4) is 0 Å². The first kappa shape index (κ1) is 9.12. The number of hydrogen-bond acceptors (Lipinski definition) is 5. The van der Waals surface area contributed by atoms with Gasteiger partial charge in [-0.15, -0.1) is 22.6 Å². The third-order valence-electron chi connectivity index (χ3n) is 0.624. The molecule has 3 N–H and O–H groups in total. The SMILES string of the molecule is Cl.Nc1nnc(C(=O)O)s1. The van der Waals surface area contributed by atoms with Crippen LogP contribution >= 0.6 is 23.7 Å². The van der Waals surface area contributed by atoms with E-state index in [9.17, 15) is 4.79 Å². The molecule has 0 atom stereocenters. The summed E-state index contributed by atoms with van der Waals surface area (Å²) in [5, 5.41) is 14.9. The lowest BCUT2D eigenvalue weighted by molar-refractivity contribution is 0.0695. The lowest BCUT2D eigenvalue weighted by Crippen LogP contribution is -1.93. The second-order valence-corrected chi connectivity index (χ2v) is 2.26. The number of aromatic nitrogens is 2. The van der Waals surface area contributed by atoms with Crippen LogP contribution in [0.15, 0.2) is 0 Å². The van der Waals surface area contributed by atoms with Gasteiger partial charge in [0.25, 0.3) is 0 Å². The number of nitrogens with two attached hydrogens (primary N) is 1. The molecule has 0 amide bonds. The molecule has 0 fully saturated rings. The molecule has 0 unspecified atom stereocenters. The molecule has 1 aromatic rings. The first-order valence-corrected chi connectivity index (χ1v) is 2.84. The quantitative estimate of drug-likeness (QED) is 0.648. The molecule has 1 heterocycles. The van der Waals surface area contributed by atoms with Crippen LogP contribution in [-0.4, -0.2) is 21.3 Å². The molecule has 10 heavy (non-hydrogen) atoms. The monoisotopic (exact) mass is 181 g/mol. The van der Waals surface area contributed by atoms with Gasteiger partial charge in [0.2, 0.25) is 10.1 Å². The highest BCUT2D eigenvalue weighted by Crippen LogP contribution is 2.09. The normalized spacial score (nSPS) is 8.40. The van der Waals surface area contributed by atoms with Gasteiger partial charge in [0.15, 0.2) is 0 Å². The summed E-state index contributed by atoms with van der Waals surface area (Å²) in [5.41, 5.74) is 5.10. The summed E-state index contributed by atoms with van der Waals surface area (Å²) in [5.74, 6) is -1.09. The van der Waals surface area contributed by atoms with E-state index in [4.69, 9.17) is 10.8 Å². The lowest BCUT2D eigenvalue weighted by Gasteiger charge is -1.75. The number of hydrogen-bond donors (Lipinski definition) is 2. The maximum Gasteiger partial charge on any atom is 0.367 e. The van der Waals surface area contributed by atoms with Crippen molar-refractivity contribution in [1.82, 2.24) is 10.2 Å². The van der Waals surface area contributed by atoms with Crippen molar-refractivity contribution in [1.29, 1.82) is 0 Å². The zero-order valence-electron chi connectivity index (χ0n) is 4.64. The molecular weight excluding hydrogens is 178 g/mol. The third-order valence-corrected chi connectivity index (χ3v) is 1.36. The van der Waals surface area contributed by atoms with Crippen LogP contribution in [0.25, 0.3) is 0 Å². The van der Waals surface area contributed by atoms with Crippen molar-refractivity contribution >= 4 is 34.8 Å². The van der Waals surface area contributed by atoms with Crippen LogP contribution in [0.3, 0.4) is 0 Å². The second kappa shape index (κ2) is 3.33. The average Bonchev–Trinajstić information content (AvgIpc) is 2.14. The Bertz CT molecular complexity index is 237. The first-order valence-electron chi connectivity index (χ1n) is 2.02. The molecule has 1 rings (SSSR count). The van der Waals surface area contributed by atoms with E-state index in [1.165, 1.54) is 0 Å². The molecule has 0 bridgehead atoms. The summed E-state index contributed by atoms with van der Waals surface area (Å²) in [6.07, 6.45) is 0. The van der Waals surface area contributed by atoms with E-state index in [0.29, 0.717) is 0 Å². The fourth-order valence-electron chi connectivity index (χ4n) is 0.321. The summed E-state index contributed by atoms with van der Waals surface area (Å²) >= 11 is 0.852. The largest absolute Gasteiger partial charge is 0.476 e. The van der Waals surface area contributed by atoms with Gasteiger partial charge < -0.3 is 10.8 Å². The molecule has 0 saturated carbocycles. The molecule has 0 aliphatic heterocycles. The molecule has 0 aliphatic rings. The van der Waals surface area contributed by atoms with Crippen LogP contribution in [0.4, 0.5) is 5.13 Å². The topological polar surface area (TPSA) is 89.1 Å². The molecule has 5 nitrogen and oxygen atoms in total. The summed E-state index contributed by atoms with van der Waals surface area (Å²) in [4.78, 5) is 10.1. The summed E-state index contributed by atoms with van der Waals surface area (Å²) < 4.78 is 0. The number of halogens is 1. The predicted octanol–water partition coefficient (Wildman–Crippen LogP) is 0.240. The van der Waals surface area contributed by atoms with Gasteiger partial charge in [-0.2, -0.15) is 0 Å². The molecule has 0 saturated heterocycles. The Labute approximate surface area is 66.3 Å². The first-order chi connectivity index (χ1) is 4.20. The number of carboxylic acid groups (broad SMARTS) is 1. The predicted molar refractivity (Wildman–Crippen MR) is 38.5 cm³/mol. The van der Waals surface area contributed by atoms with Gasteiger partial charge in [-0.25, -0.2) is 4.79 Å². The molecule has 0 spiro atoms. The number of anilines is 1. The number of nitrogens with zero attached hydrogens (tertiary/aromatic N) is 2. The van der Waals surface area contributed by atoms with Gasteiger partial charge in [-0.05, 0) is 0 Å². The van der Waals surface area contributed by atoms with E-state index in [2.05, 4.69) is 10.2 Å². The lowest BCUT2D eigenvalue weighted by atomic mass is 10.7. The second-order valence-electron chi connectivity index (χ2n) is 1.25. The van der Waals surface area contributed by atoms with E-state index >= 15 is 0 Å². The third kappa shape index (κ3) is 1.82. The number of aromatic carboxylic acids is 1. The molecule has 0 aromatic carbocycles. The number of nitrogen functional groups attached to an aromatic ring is 1. The Balaban J connectivity index is 0.000000810. The molecule has 1 aromatic heterocycles. The minimum absolute atomic E-state index is 0. The van der Waals surface area contributed by atoms with E-state index in [1.54, 1.807) is 0 Å². The van der Waals surface area contributed by atoms with E-state index in [-0.39, 0.29) is 22.5 Å². The highest BCUT2D eigenvalue weighted by atomic mass is 35.5. The Morgan fingerprint density at radius 1 is 1.60 bits per heavy atom. The van der Waals surface area contributed by atoms with Gasteiger partial charge in [0.1, 0.15) is 0 Å². The van der Waals surface area contributed by atoms with Gasteiger partial charge in [0, 0.05) is 0 Å². The highest BCUT2D eigenvalue weighted by molar-refractivity contribution is 7.16.